The summed E-state index contributed by atoms with van der Waals surface area (Å²) >= 11 is 0. The van der Waals surface area contributed by atoms with E-state index in [1.165, 1.54) is 76.3 Å². The van der Waals surface area contributed by atoms with E-state index in [1.54, 1.807) is 12.1 Å². The summed E-state index contributed by atoms with van der Waals surface area (Å²) in [5.74, 6) is -0.292. The molecular formula is C25H42O5S. The number of carbonyl (C=O) groups excluding carboxylic acids is 1. The maximum atomic E-state index is 12.0. The molecule has 0 spiro atoms. The molecule has 0 aliphatic carbocycles. The van der Waals surface area contributed by atoms with Gasteiger partial charge in [0.25, 0.3) is 10.1 Å². The molecule has 1 aromatic carbocycles. The van der Waals surface area contributed by atoms with Crippen LogP contribution in [0.3, 0.4) is 0 Å². The van der Waals surface area contributed by atoms with Crippen LogP contribution in [0.4, 0.5) is 0 Å². The van der Waals surface area contributed by atoms with Crippen LogP contribution in [-0.4, -0.2) is 27.6 Å². The van der Waals surface area contributed by atoms with Gasteiger partial charge in [0.1, 0.15) is 13.2 Å². The lowest BCUT2D eigenvalue weighted by Crippen LogP contribution is -2.14. The summed E-state index contributed by atoms with van der Waals surface area (Å²) in [7, 11) is -3.81. The summed E-state index contributed by atoms with van der Waals surface area (Å²) < 4.78 is 34.1. The van der Waals surface area contributed by atoms with E-state index in [4.69, 9.17) is 8.92 Å². The van der Waals surface area contributed by atoms with E-state index in [-0.39, 0.29) is 24.1 Å². The van der Waals surface area contributed by atoms with Crippen LogP contribution in [0.25, 0.3) is 0 Å². The minimum Gasteiger partial charge on any atom is -0.463 e. The van der Waals surface area contributed by atoms with Crippen LogP contribution in [-0.2, 0) is 23.8 Å². The van der Waals surface area contributed by atoms with Crippen molar-refractivity contribution in [3.8, 4) is 0 Å². The molecule has 0 aromatic heterocycles. The zero-order valence-electron chi connectivity index (χ0n) is 19.6. The van der Waals surface area contributed by atoms with Crippen molar-refractivity contribution in [2.75, 3.05) is 13.2 Å². The zero-order chi connectivity index (χ0) is 22.8. The third kappa shape index (κ3) is 14.3. The predicted molar refractivity (Wildman–Crippen MR) is 126 cm³/mol. The van der Waals surface area contributed by atoms with Crippen LogP contribution in [0.5, 0.6) is 0 Å². The van der Waals surface area contributed by atoms with Gasteiger partial charge in [0.15, 0.2) is 0 Å². The molecule has 0 saturated carbocycles. The van der Waals surface area contributed by atoms with Crippen LogP contribution in [0.15, 0.2) is 29.2 Å². The Balaban J connectivity index is 1.93. The van der Waals surface area contributed by atoms with Crippen molar-refractivity contribution in [3.05, 3.63) is 29.8 Å². The fourth-order valence-corrected chi connectivity index (χ4v) is 4.32. The van der Waals surface area contributed by atoms with Crippen molar-refractivity contribution in [1.82, 2.24) is 0 Å². The van der Waals surface area contributed by atoms with E-state index in [0.29, 0.717) is 6.42 Å². The van der Waals surface area contributed by atoms with Gasteiger partial charge in [-0.25, -0.2) is 0 Å². The summed E-state index contributed by atoms with van der Waals surface area (Å²) in [4.78, 5) is 11.9. The highest BCUT2D eigenvalue weighted by molar-refractivity contribution is 7.86. The molecule has 0 unspecified atom stereocenters. The highest BCUT2D eigenvalue weighted by Crippen LogP contribution is 2.14. The van der Waals surface area contributed by atoms with Crippen molar-refractivity contribution in [2.24, 2.45) is 0 Å². The van der Waals surface area contributed by atoms with Gasteiger partial charge < -0.3 is 4.74 Å². The standard InChI is InChI=1S/C25H42O5S/c1-3-4-5-6-7-8-9-10-11-12-13-14-15-16-25(26)29-21-22-30-31(27,28)24-19-17-23(2)18-20-24/h17-20H,3-16,21-22H2,1-2H3. The first-order valence-corrected chi connectivity index (χ1v) is 13.5. The van der Waals surface area contributed by atoms with Crippen LogP contribution in [0.2, 0.25) is 0 Å². The summed E-state index contributed by atoms with van der Waals surface area (Å²) in [6.45, 7) is 3.91. The van der Waals surface area contributed by atoms with E-state index < -0.39 is 10.1 Å². The number of hydrogen-bond donors (Lipinski definition) is 0. The number of rotatable bonds is 19. The first kappa shape index (κ1) is 27.6. The minimum absolute atomic E-state index is 0.0532. The van der Waals surface area contributed by atoms with Gasteiger partial charge in [-0.05, 0) is 25.5 Å². The smallest absolute Gasteiger partial charge is 0.305 e. The molecule has 0 atom stereocenters. The fraction of sp³-hybridized carbons (Fsp3) is 0.720. The number of ether oxygens (including phenoxy) is 1. The van der Waals surface area contributed by atoms with Crippen LogP contribution in [0.1, 0.15) is 102 Å². The molecule has 178 valence electrons. The fourth-order valence-electron chi connectivity index (χ4n) is 3.43. The average Bonchev–Trinajstić information content (AvgIpc) is 2.75. The van der Waals surface area contributed by atoms with Crippen LogP contribution >= 0.6 is 0 Å². The number of hydrogen-bond acceptors (Lipinski definition) is 5. The van der Waals surface area contributed by atoms with Gasteiger partial charge in [-0.15, -0.1) is 0 Å². The summed E-state index contributed by atoms with van der Waals surface area (Å²) in [5, 5.41) is 0. The number of unbranched alkanes of at least 4 members (excludes halogenated alkanes) is 12. The molecule has 0 bridgehead atoms. The lowest BCUT2D eigenvalue weighted by Gasteiger charge is -2.07. The normalized spacial score (nSPS) is 11.5. The lowest BCUT2D eigenvalue weighted by atomic mass is 10.0. The molecule has 0 heterocycles. The van der Waals surface area contributed by atoms with Crippen LogP contribution in [0, 0.1) is 6.92 Å². The zero-order valence-corrected chi connectivity index (χ0v) is 20.4. The van der Waals surface area contributed by atoms with Crippen molar-refractivity contribution in [2.45, 2.75) is 109 Å². The predicted octanol–water partition coefficient (Wildman–Crippen LogP) is 6.72. The highest BCUT2D eigenvalue weighted by atomic mass is 32.2. The molecular weight excluding hydrogens is 412 g/mol. The first-order chi connectivity index (χ1) is 15.0. The van der Waals surface area contributed by atoms with Gasteiger partial charge in [-0.1, -0.05) is 102 Å². The number of carbonyl (C=O) groups is 1. The molecule has 5 nitrogen and oxygen atoms in total. The summed E-state index contributed by atoms with van der Waals surface area (Å²) in [6.07, 6.45) is 16.8. The Morgan fingerprint density at radius 1 is 0.742 bits per heavy atom. The van der Waals surface area contributed by atoms with Gasteiger partial charge in [0.05, 0.1) is 4.90 Å². The topological polar surface area (TPSA) is 69.7 Å². The van der Waals surface area contributed by atoms with Crippen molar-refractivity contribution in [3.63, 3.8) is 0 Å². The van der Waals surface area contributed by atoms with Gasteiger partial charge in [0.2, 0.25) is 0 Å². The Hall–Kier alpha value is -1.40. The quantitative estimate of drug-likeness (QED) is 0.132. The summed E-state index contributed by atoms with van der Waals surface area (Å²) in [6, 6.07) is 6.44. The molecule has 1 rings (SSSR count). The maximum Gasteiger partial charge on any atom is 0.305 e. The van der Waals surface area contributed by atoms with E-state index in [9.17, 15) is 13.2 Å². The van der Waals surface area contributed by atoms with Crippen molar-refractivity contribution < 1.29 is 22.1 Å². The van der Waals surface area contributed by atoms with Crippen molar-refractivity contribution >= 4 is 16.1 Å². The Morgan fingerprint density at radius 3 is 1.74 bits per heavy atom. The number of aryl methyl sites for hydroxylation is 1. The molecule has 0 radical (unpaired) electrons. The Morgan fingerprint density at radius 2 is 1.23 bits per heavy atom. The molecule has 0 fully saturated rings. The third-order valence-electron chi connectivity index (χ3n) is 5.38. The SMILES string of the molecule is CCCCCCCCCCCCCCCC(=O)OCCOS(=O)(=O)c1ccc(C)cc1. The Bertz CT molecular complexity index is 682. The second-order valence-corrected chi connectivity index (χ2v) is 9.92. The Labute approximate surface area is 190 Å². The molecule has 0 saturated heterocycles. The van der Waals surface area contributed by atoms with Crippen molar-refractivity contribution in [1.29, 1.82) is 0 Å². The number of esters is 1. The van der Waals surface area contributed by atoms with E-state index >= 15 is 0 Å². The van der Waals surface area contributed by atoms with Crippen LogP contribution < -0.4 is 0 Å². The van der Waals surface area contributed by atoms with Gasteiger partial charge in [0, 0.05) is 6.42 Å². The molecule has 0 N–H and O–H groups in total. The third-order valence-corrected chi connectivity index (χ3v) is 6.71. The molecule has 0 amide bonds. The van der Waals surface area contributed by atoms with Gasteiger partial charge >= 0.3 is 5.97 Å². The maximum absolute atomic E-state index is 12.0. The van der Waals surface area contributed by atoms with E-state index in [2.05, 4.69) is 6.92 Å². The monoisotopic (exact) mass is 454 g/mol. The lowest BCUT2D eigenvalue weighted by molar-refractivity contribution is -0.144. The molecule has 6 heteroatoms. The second kappa shape index (κ2) is 17.2. The summed E-state index contributed by atoms with van der Waals surface area (Å²) in [5.41, 5.74) is 0.973. The highest BCUT2D eigenvalue weighted by Gasteiger charge is 2.15. The second-order valence-electron chi connectivity index (χ2n) is 8.30. The molecule has 31 heavy (non-hydrogen) atoms. The Kier molecular flexibility index (Phi) is 15.3. The average molecular weight is 455 g/mol. The molecule has 1 aromatic rings. The van der Waals surface area contributed by atoms with E-state index in [1.807, 2.05) is 6.92 Å². The molecule has 0 aliphatic rings. The minimum atomic E-state index is -3.81. The number of benzene rings is 1. The van der Waals surface area contributed by atoms with Gasteiger partial charge in [-0.3, -0.25) is 8.98 Å². The largest absolute Gasteiger partial charge is 0.463 e. The molecule has 0 aliphatic heterocycles. The first-order valence-electron chi connectivity index (χ1n) is 12.1. The van der Waals surface area contributed by atoms with Gasteiger partial charge in [-0.2, -0.15) is 8.42 Å². The van der Waals surface area contributed by atoms with E-state index in [0.717, 1.165) is 24.8 Å².